The number of carbonyl (C=O) groups excluding carboxylic acids is 1. The number of cyclic esters (lactones) is 1. The Hall–Kier alpha value is -3.08. The molecular weight excluding hydrogens is 390 g/mol. The molecule has 0 saturated heterocycles. The summed E-state index contributed by atoms with van der Waals surface area (Å²) in [4.78, 5) is 16.9. The van der Waals surface area contributed by atoms with Crippen LogP contribution in [0.1, 0.15) is 61.6 Å². The number of carbonyl (C=O) groups is 1. The molecular formula is C26H29NO4. The van der Waals surface area contributed by atoms with Crippen molar-refractivity contribution in [3.05, 3.63) is 64.9 Å². The third-order valence-electron chi connectivity index (χ3n) is 6.40. The quantitative estimate of drug-likeness (QED) is 0.443. The smallest absolute Gasteiger partial charge is 0.363 e. The van der Waals surface area contributed by atoms with Gasteiger partial charge in [-0.2, -0.15) is 0 Å². The zero-order valence-corrected chi connectivity index (χ0v) is 18.4. The van der Waals surface area contributed by atoms with E-state index in [1.54, 1.807) is 38.5 Å². The van der Waals surface area contributed by atoms with E-state index in [2.05, 4.69) is 24.0 Å². The molecule has 31 heavy (non-hydrogen) atoms. The normalized spacial score (nSPS) is 22.2. The molecule has 1 heterocycles. The van der Waals surface area contributed by atoms with Gasteiger partial charge in [-0.3, -0.25) is 0 Å². The van der Waals surface area contributed by atoms with Gasteiger partial charge in [-0.15, -0.1) is 0 Å². The van der Waals surface area contributed by atoms with Crippen LogP contribution in [0.4, 0.5) is 0 Å². The molecule has 1 aliphatic heterocycles. The minimum absolute atomic E-state index is 0.239. The van der Waals surface area contributed by atoms with Gasteiger partial charge in [-0.1, -0.05) is 25.5 Å². The molecule has 0 atom stereocenters. The van der Waals surface area contributed by atoms with Gasteiger partial charge in [0, 0.05) is 11.1 Å². The van der Waals surface area contributed by atoms with Gasteiger partial charge >= 0.3 is 5.97 Å². The van der Waals surface area contributed by atoms with Crippen LogP contribution in [0.15, 0.2) is 53.2 Å². The Labute approximate surface area is 183 Å². The fourth-order valence-corrected chi connectivity index (χ4v) is 4.43. The number of hydrogen-bond donors (Lipinski definition) is 0. The summed E-state index contributed by atoms with van der Waals surface area (Å²) < 4.78 is 16.1. The monoisotopic (exact) mass is 419 g/mol. The van der Waals surface area contributed by atoms with Crippen molar-refractivity contribution in [1.82, 2.24) is 0 Å². The molecule has 0 N–H and O–H groups in total. The van der Waals surface area contributed by atoms with Gasteiger partial charge in [0.2, 0.25) is 5.90 Å². The number of benzene rings is 2. The van der Waals surface area contributed by atoms with Crippen LogP contribution in [-0.4, -0.2) is 26.1 Å². The van der Waals surface area contributed by atoms with Crippen LogP contribution >= 0.6 is 0 Å². The molecule has 4 rings (SSSR count). The molecule has 0 amide bonds. The van der Waals surface area contributed by atoms with Gasteiger partial charge in [0.1, 0.15) is 11.5 Å². The van der Waals surface area contributed by atoms with Crippen molar-refractivity contribution in [2.75, 3.05) is 14.2 Å². The maximum absolute atomic E-state index is 12.4. The summed E-state index contributed by atoms with van der Waals surface area (Å²) in [5, 5.41) is 0. The third-order valence-corrected chi connectivity index (χ3v) is 6.40. The Balaban J connectivity index is 1.53. The molecule has 5 nitrogen and oxygen atoms in total. The van der Waals surface area contributed by atoms with Crippen LogP contribution in [-0.2, 0) is 9.53 Å². The maximum Gasteiger partial charge on any atom is 0.363 e. The summed E-state index contributed by atoms with van der Waals surface area (Å²) in [6, 6.07) is 13.7. The lowest BCUT2D eigenvalue weighted by Crippen LogP contribution is -2.13. The lowest BCUT2D eigenvalue weighted by atomic mass is 9.78. The molecule has 0 unspecified atom stereocenters. The Morgan fingerprint density at radius 1 is 1.03 bits per heavy atom. The summed E-state index contributed by atoms with van der Waals surface area (Å²) in [5.74, 6) is 2.68. The lowest BCUT2D eigenvalue weighted by molar-refractivity contribution is -0.129. The zero-order valence-electron chi connectivity index (χ0n) is 18.4. The highest BCUT2D eigenvalue weighted by atomic mass is 16.6. The number of rotatable bonds is 6. The molecule has 5 heteroatoms. The van der Waals surface area contributed by atoms with Crippen LogP contribution in [0.2, 0.25) is 0 Å². The van der Waals surface area contributed by atoms with Gasteiger partial charge < -0.3 is 14.2 Å². The number of hydrogen-bond acceptors (Lipinski definition) is 5. The molecule has 0 aromatic heterocycles. The largest absolute Gasteiger partial charge is 0.497 e. The fraction of sp³-hybridized carbons (Fsp3) is 0.385. The highest BCUT2D eigenvalue weighted by Gasteiger charge is 2.26. The van der Waals surface area contributed by atoms with E-state index >= 15 is 0 Å². The number of methoxy groups -OCH3 is 2. The van der Waals surface area contributed by atoms with Crippen LogP contribution in [0.25, 0.3) is 6.08 Å². The van der Waals surface area contributed by atoms with E-state index in [0.717, 1.165) is 11.5 Å². The van der Waals surface area contributed by atoms with Crippen LogP contribution < -0.4 is 9.47 Å². The Morgan fingerprint density at radius 2 is 1.77 bits per heavy atom. The predicted molar refractivity (Wildman–Crippen MR) is 122 cm³/mol. The van der Waals surface area contributed by atoms with E-state index in [4.69, 9.17) is 14.2 Å². The molecule has 2 aromatic carbocycles. The first-order valence-electron chi connectivity index (χ1n) is 11.0. The van der Waals surface area contributed by atoms with Gasteiger partial charge in [-0.05, 0) is 79.5 Å². The summed E-state index contributed by atoms with van der Waals surface area (Å²) in [5.41, 5.74) is 3.11. The van der Waals surface area contributed by atoms with Gasteiger partial charge in [0.15, 0.2) is 5.70 Å². The van der Waals surface area contributed by atoms with E-state index in [0.29, 0.717) is 28.9 Å². The van der Waals surface area contributed by atoms with Crippen LogP contribution in [0, 0.1) is 5.92 Å². The second-order valence-corrected chi connectivity index (χ2v) is 8.19. The van der Waals surface area contributed by atoms with Crippen molar-refractivity contribution in [3.63, 3.8) is 0 Å². The van der Waals surface area contributed by atoms with E-state index < -0.39 is 5.97 Å². The number of esters is 1. The SMILES string of the molecule is CCC1CCC(c2ccc(C3=N/C(=C/c4cc(OC)ccc4OC)C(=O)O3)cc2)CC1. The first-order chi connectivity index (χ1) is 15.1. The van der Waals surface area contributed by atoms with Gasteiger partial charge in [-0.25, -0.2) is 9.79 Å². The van der Waals surface area contributed by atoms with Gasteiger partial charge in [0.25, 0.3) is 0 Å². The topological polar surface area (TPSA) is 57.1 Å². The second-order valence-electron chi connectivity index (χ2n) is 8.19. The minimum Gasteiger partial charge on any atom is -0.497 e. The minimum atomic E-state index is -0.471. The van der Waals surface area contributed by atoms with Crippen molar-refractivity contribution < 1.29 is 19.0 Å². The predicted octanol–water partition coefficient (Wildman–Crippen LogP) is 5.73. The average Bonchev–Trinajstić information content (AvgIpc) is 3.19. The molecule has 2 aromatic rings. The Bertz CT molecular complexity index is 999. The van der Waals surface area contributed by atoms with Crippen molar-refractivity contribution in [2.24, 2.45) is 10.9 Å². The lowest BCUT2D eigenvalue weighted by Gasteiger charge is -2.28. The van der Waals surface area contributed by atoms with Crippen molar-refractivity contribution in [1.29, 1.82) is 0 Å². The maximum atomic E-state index is 12.4. The Kier molecular flexibility index (Phi) is 6.40. The average molecular weight is 420 g/mol. The molecule has 0 radical (unpaired) electrons. The van der Waals surface area contributed by atoms with Crippen molar-refractivity contribution in [2.45, 2.75) is 44.9 Å². The summed E-state index contributed by atoms with van der Waals surface area (Å²) >= 11 is 0. The highest BCUT2D eigenvalue weighted by molar-refractivity contribution is 6.13. The van der Waals surface area contributed by atoms with Crippen molar-refractivity contribution in [3.8, 4) is 11.5 Å². The van der Waals surface area contributed by atoms with Crippen LogP contribution in [0.5, 0.6) is 11.5 Å². The third kappa shape index (κ3) is 4.66. The fourth-order valence-electron chi connectivity index (χ4n) is 4.43. The van der Waals surface area contributed by atoms with Crippen molar-refractivity contribution >= 4 is 17.9 Å². The summed E-state index contributed by atoms with van der Waals surface area (Å²) in [6.07, 6.45) is 8.09. The molecule has 1 saturated carbocycles. The summed E-state index contributed by atoms with van der Waals surface area (Å²) in [6.45, 7) is 2.29. The molecule has 162 valence electrons. The van der Waals surface area contributed by atoms with Gasteiger partial charge in [0.05, 0.1) is 14.2 Å². The zero-order chi connectivity index (χ0) is 21.8. The standard InChI is InChI=1S/C26H29NO4/c1-4-17-5-7-18(8-6-17)19-9-11-20(12-10-19)25-27-23(26(28)31-25)16-21-15-22(29-2)13-14-24(21)30-3/h9-18H,4-8H2,1-3H3/b23-16+. The summed E-state index contributed by atoms with van der Waals surface area (Å²) in [7, 11) is 3.18. The van der Waals surface area contributed by atoms with Crippen LogP contribution in [0.3, 0.4) is 0 Å². The Morgan fingerprint density at radius 3 is 2.42 bits per heavy atom. The van der Waals surface area contributed by atoms with E-state index in [-0.39, 0.29) is 5.70 Å². The first-order valence-corrected chi connectivity index (χ1v) is 11.0. The van der Waals surface area contributed by atoms with E-state index in [9.17, 15) is 4.79 Å². The van der Waals surface area contributed by atoms with E-state index in [1.807, 2.05) is 12.1 Å². The number of aliphatic imine (C=N–C) groups is 1. The first kappa shape index (κ1) is 21.2. The molecule has 0 bridgehead atoms. The molecule has 2 aliphatic rings. The molecule has 1 aliphatic carbocycles. The molecule has 0 spiro atoms. The number of nitrogens with zero attached hydrogens (tertiary/aromatic N) is 1. The number of ether oxygens (including phenoxy) is 3. The van der Waals surface area contributed by atoms with E-state index in [1.165, 1.54) is 37.7 Å². The molecule has 1 fully saturated rings. The second kappa shape index (κ2) is 9.38. The highest BCUT2D eigenvalue weighted by Crippen LogP contribution is 2.37.